The molecule has 0 unspecified atom stereocenters. The molecule has 0 amide bonds. The van der Waals surface area contributed by atoms with E-state index in [0.29, 0.717) is 0 Å². The molecule has 0 rings (SSSR count). The van der Waals surface area contributed by atoms with Gasteiger partial charge in [0.05, 0.1) is 13.7 Å². The summed E-state index contributed by atoms with van der Waals surface area (Å²) in [6.07, 6.45) is -0.556. The molecule has 0 aromatic heterocycles. The minimum Gasteiger partial charge on any atom is -0.480 e. The molecule has 0 spiro atoms. The highest BCUT2D eigenvalue weighted by Gasteiger charge is 2.27. The molecule has 20 heavy (non-hydrogen) atoms. The number of rotatable bonds is 9. The summed E-state index contributed by atoms with van der Waals surface area (Å²) in [6.45, 7) is 1.52. The van der Waals surface area contributed by atoms with E-state index < -0.39 is 39.7 Å². The Balaban J connectivity index is 4.61. The highest BCUT2D eigenvalue weighted by molar-refractivity contribution is 7.90. The molecule has 0 radical (unpaired) electrons. The van der Waals surface area contributed by atoms with Gasteiger partial charge in [-0.15, -0.1) is 0 Å². The van der Waals surface area contributed by atoms with Crippen molar-refractivity contribution in [1.29, 1.82) is 0 Å². The number of carbonyl (C=O) groups is 3. The topological polar surface area (TPSA) is 136 Å². The zero-order chi connectivity index (χ0) is 15.8. The van der Waals surface area contributed by atoms with Crippen molar-refractivity contribution in [2.75, 3.05) is 19.5 Å². The van der Waals surface area contributed by atoms with Gasteiger partial charge in [0.1, 0.15) is 6.04 Å². The third-order valence-corrected chi connectivity index (χ3v) is 3.36. The normalized spacial score (nSPS) is 12.5. The summed E-state index contributed by atoms with van der Waals surface area (Å²) in [6, 6.07) is -1.52. The monoisotopic (exact) mass is 311 g/mol. The van der Waals surface area contributed by atoms with Crippen LogP contribution >= 0.6 is 0 Å². The summed E-state index contributed by atoms with van der Waals surface area (Å²) < 4.78 is 33.7. The predicted molar refractivity (Wildman–Crippen MR) is 66.2 cm³/mol. The Labute approximate surface area is 116 Å². The van der Waals surface area contributed by atoms with E-state index in [1.807, 2.05) is 4.72 Å². The first-order chi connectivity index (χ1) is 9.21. The first-order valence-corrected chi connectivity index (χ1v) is 7.32. The van der Waals surface area contributed by atoms with Gasteiger partial charge in [-0.3, -0.25) is 14.4 Å². The Kier molecular flexibility index (Phi) is 7.77. The largest absolute Gasteiger partial charge is 0.480 e. The lowest BCUT2D eigenvalue weighted by Gasteiger charge is -2.13. The number of nitrogens with one attached hydrogen (secondary N) is 1. The molecule has 0 aromatic rings. The van der Waals surface area contributed by atoms with Crippen LogP contribution in [0.4, 0.5) is 0 Å². The first kappa shape index (κ1) is 18.3. The number of aliphatic carboxylic acids is 1. The Hall–Kier alpha value is -1.68. The summed E-state index contributed by atoms with van der Waals surface area (Å²) in [5, 5.41) is 8.86. The van der Waals surface area contributed by atoms with Crippen LogP contribution in [0.2, 0.25) is 0 Å². The summed E-state index contributed by atoms with van der Waals surface area (Å²) >= 11 is 0. The maximum Gasteiger partial charge on any atom is 0.322 e. The van der Waals surface area contributed by atoms with E-state index in [9.17, 15) is 22.8 Å². The molecule has 2 N–H and O–H groups in total. The molecule has 1 atom stereocenters. The number of sulfonamides is 1. The molecule has 10 heteroatoms. The van der Waals surface area contributed by atoms with Crippen molar-refractivity contribution in [3.05, 3.63) is 0 Å². The lowest BCUT2D eigenvalue weighted by Crippen LogP contribution is -2.43. The number of esters is 2. The molecule has 0 bridgehead atoms. The van der Waals surface area contributed by atoms with Gasteiger partial charge in [0, 0.05) is 6.42 Å². The Morgan fingerprint density at radius 3 is 2.30 bits per heavy atom. The quantitative estimate of drug-likeness (QED) is 0.511. The van der Waals surface area contributed by atoms with Crippen molar-refractivity contribution in [2.24, 2.45) is 0 Å². The zero-order valence-corrected chi connectivity index (χ0v) is 11.9. The number of hydrogen-bond donors (Lipinski definition) is 2. The summed E-state index contributed by atoms with van der Waals surface area (Å²) in [7, 11) is -3.03. The molecular weight excluding hydrogens is 294 g/mol. The van der Waals surface area contributed by atoms with Crippen LogP contribution in [0.3, 0.4) is 0 Å². The summed E-state index contributed by atoms with van der Waals surface area (Å²) in [5.41, 5.74) is 0. The average Bonchev–Trinajstić information content (AvgIpc) is 2.33. The van der Waals surface area contributed by atoms with E-state index in [-0.39, 0.29) is 19.4 Å². The number of methoxy groups -OCH3 is 1. The van der Waals surface area contributed by atoms with Gasteiger partial charge in [-0.25, -0.2) is 13.1 Å². The van der Waals surface area contributed by atoms with Crippen LogP contribution < -0.4 is 4.72 Å². The summed E-state index contributed by atoms with van der Waals surface area (Å²) in [4.78, 5) is 32.9. The van der Waals surface area contributed by atoms with Gasteiger partial charge in [0.15, 0.2) is 5.75 Å². The molecule has 9 nitrogen and oxygen atoms in total. The van der Waals surface area contributed by atoms with Crippen LogP contribution in [0.1, 0.15) is 19.8 Å². The van der Waals surface area contributed by atoms with E-state index in [1.54, 1.807) is 0 Å². The van der Waals surface area contributed by atoms with Gasteiger partial charge < -0.3 is 14.6 Å². The minimum absolute atomic E-state index is 0.0129. The van der Waals surface area contributed by atoms with Crippen molar-refractivity contribution < 1.29 is 37.4 Å². The molecule has 0 heterocycles. The SMILES string of the molecule is CCOC(=O)CS(=O)(=O)N[C@H](CCC(=O)OC)C(=O)O. The minimum atomic E-state index is -4.16. The van der Waals surface area contributed by atoms with Crippen LogP contribution in [0.5, 0.6) is 0 Å². The first-order valence-electron chi connectivity index (χ1n) is 5.67. The van der Waals surface area contributed by atoms with Crippen LogP contribution in [-0.4, -0.2) is 56.9 Å². The fourth-order valence-electron chi connectivity index (χ4n) is 1.21. The van der Waals surface area contributed by atoms with Gasteiger partial charge in [0.25, 0.3) is 0 Å². The molecule has 0 saturated heterocycles. The fraction of sp³-hybridized carbons (Fsp3) is 0.700. The second kappa shape index (κ2) is 8.48. The maximum absolute atomic E-state index is 11.6. The van der Waals surface area contributed by atoms with E-state index >= 15 is 0 Å². The van der Waals surface area contributed by atoms with Gasteiger partial charge in [-0.05, 0) is 13.3 Å². The molecule has 0 aliphatic carbocycles. The Bertz CT molecular complexity index is 458. The third-order valence-electron chi connectivity index (χ3n) is 2.10. The van der Waals surface area contributed by atoms with Gasteiger partial charge in [0.2, 0.25) is 10.0 Å². The number of carboxylic acids is 1. The van der Waals surface area contributed by atoms with E-state index in [0.717, 1.165) is 7.11 Å². The van der Waals surface area contributed by atoms with Crippen LogP contribution in [0, 0.1) is 0 Å². The molecule has 0 fully saturated rings. The standard InChI is InChI=1S/C10H17NO8S/c1-3-19-9(13)6-20(16,17)11-7(10(14)15)4-5-8(12)18-2/h7,11H,3-6H2,1-2H3,(H,14,15)/t7-/m1/s1. The molecule has 0 aliphatic rings. The molecular formula is C10H17NO8S. The van der Waals surface area contributed by atoms with Crippen LogP contribution in [0.25, 0.3) is 0 Å². The van der Waals surface area contributed by atoms with E-state index in [1.165, 1.54) is 6.92 Å². The highest BCUT2D eigenvalue weighted by atomic mass is 32.2. The average molecular weight is 311 g/mol. The fourth-order valence-corrected chi connectivity index (χ4v) is 2.34. The molecule has 0 saturated carbocycles. The lowest BCUT2D eigenvalue weighted by atomic mass is 10.2. The second-order valence-electron chi connectivity index (χ2n) is 3.69. The van der Waals surface area contributed by atoms with Gasteiger partial charge in [-0.2, -0.15) is 0 Å². The van der Waals surface area contributed by atoms with Crippen molar-refractivity contribution >= 4 is 27.9 Å². The van der Waals surface area contributed by atoms with E-state index in [2.05, 4.69) is 9.47 Å². The molecule has 0 aromatic carbocycles. The lowest BCUT2D eigenvalue weighted by molar-refractivity contribution is -0.143. The highest BCUT2D eigenvalue weighted by Crippen LogP contribution is 2.02. The Morgan fingerprint density at radius 2 is 1.85 bits per heavy atom. The number of hydrogen-bond acceptors (Lipinski definition) is 7. The Morgan fingerprint density at radius 1 is 1.25 bits per heavy atom. The molecule has 0 aliphatic heterocycles. The maximum atomic E-state index is 11.6. The van der Waals surface area contributed by atoms with Crippen molar-refractivity contribution in [3.63, 3.8) is 0 Å². The van der Waals surface area contributed by atoms with E-state index in [4.69, 9.17) is 5.11 Å². The smallest absolute Gasteiger partial charge is 0.322 e. The van der Waals surface area contributed by atoms with Crippen molar-refractivity contribution in [3.8, 4) is 0 Å². The number of carboxylic acid groups (broad SMARTS) is 1. The van der Waals surface area contributed by atoms with Gasteiger partial charge in [-0.1, -0.05) is 0 Å². The molecule has 116 valence electrons. The number of carbonyl (C=O) groups excluding carboxylic acids is 2. The number of ether oxygens (including phenoxy) is 2. The summed E-state index contributed by atoms with van der Waals surface area (Å²) in [5.74, 6) is -4.10. The van der Waals surface area contributed by atoms with Crippen molar-refractivity contribution in [1.82, 2.24) is 4.72 Å². The van der Waals surface area contributed by atoms with Crippen molar-refractivity contribution in [2.45, 2.75) is 25.8 Å². The second-order valence-corrected chi connectivity index (χ2v) is 5.44. The van der Waals surface area contributed by atoms with Gasteiger partial charge >= 0.3 is 17.9 Å². The third kappa shape index (κ3) is 7.69. The zero-order valence-electron chi connectivity index (χ0n) is 11.1. The van der Waals surface area contributed by atoms with Crippen LogP contribution in [-0.2, 0) is 33.9 Å². The predicted octanol–water partition coefficient (Wildman–Crippen LogP) is -1.12. The van der Waals surface area contributed by atoms with Crippen LogP contribution in [0.15, 0.2) is 0 Å².